The highest BCUT2D eigenvalue weighted by atomic mass is 16.1. The van der Waals surface area contributed by atoms with E-state index >= 15 is 0 Å². The van der Waals surface area contributed by atoms with Crippen LogP contribution in [-0.4, -0.2) is 16.9 Å². The van der Waals surface area contributed by atoms with E-state index in [9.17, 15) is 4.79 Å². The summed E-state index contributed by atoms with van der Waals surface area (Å²) in [6.07, 6.45) is 8.40. The van der Waals surface area contributed by atoms with Crippen molar-refractivity contribution in [3.05, 3.63) is 65.2 Å². The maximum absolute atomic E-state index is 13.3. The Morgan fingerprint density at radius 1 is 0.900 bits per heavy atom. The molecule has 1 aliphatic rings. The van der Waals surface area contributed by atoms with Gasteiger partial charge in [0.25, 0.3) is 5.91 Å². The number of nitrogens with one attached hydrogen (secondary N) is 2. The van der Waals surface area contributed by atoms with E-state index in [1.54, 1.807) is 0 Å². The number of carbonyl (C=O) groups is 1. The zero-order valence-electron chi connectivity index (χ0n) is 18.0. The zero-order chi connectivity index (χ0) is 20.9. The van der Waals surface area contributed by atoms with Crippen molar-refractivity contribution in [2.75, 3.05) is 5.32 Å². The van der Waals surface area contributed by atoms with E-state index in [-0.39, 0.29) is 11.9 Å². The summed E-state index contributed by atoms with van der Waals surface area (Å²) in [5.74, 6) is 0.698. The smallest absolute Gasteiger partial charge is 0.252 e. The van der Waals surface area contributed by atoms with Gasteiger partial charge in [-0.2, -0.15) is 0 Å². The summed E-state index contributed by atoms with van der Waals surface area (Å²) in [7, 11) is 0. The Balaban J connectivity index is 1.63. The summed E-state index contributed by atoms with van der Waals surface area (Å²) in [6.45, 7) is 4.17. The van der Waals surface area contributed by atoms with Crippen molar-refractivity contribution in [1.29, 1.82) is 0 Å². The lowest BCUT2D eigenvalue weighted by Crippen LogP contribution is -2.35. The fourth-order valence-electron chi connectivity index (χ4n) is 4.49. The standard InChI is InChI=1S/C26H31N3O/c1-18-14-19(2)16-21(15-18)27-25-17-23(22-12-8-9-13-24(22)29-25)26(30)28-20-10-6-4-3-5-7-11-20/h8-9,12-17,20H,3-7,10-11H2,1-2H3,(H,27,29)(H,28,30). The molecule has 2 aromatic carbocycles. The number of pyridine rings is 1. The molecule has 4 nitrogen and oxygen atoms in total. The molecule has 2 N–H and O–H groups in total. The van der Waals surface area contributed by atoms with Gasteiger partial charge in [0.05, 0.1) is 11.1 Å². The molecule has 4 heteroatoms. The Hall–Kier alpha value is -2.88. The third-order valence-corrected chi connectivity index (χ3v) is 5.90. The molecule has 0 radical (unpaired) electrons. The number of para-hydroxylation sites is 1. The molecule has 1 heterocycles. The molecule has 0 unspecified atom stereocenters. The fourth-order valence-corrected chi connectivity index (χ4v) is 4.49. The van der Waals surface area contributed by atoms with Gasteiger partial charge in [-0.05, 0) is 62.1 Å². The van der Waals surface area contributed by atoms with Gasteiger partial charge in [0.15, 0.2) is 0 Å². The molecular formula is C26H31N3O. The Morgan fingerprint density at radius 2 is 1.57 bits per heavy atom. The van der Waals surface area contributed by atoms with E-state index in [1.807, 2.05) is 30.3 Å². The number of amides is 1. The van der Waals surface area contributed by atoms with Gasteiger partial charge >= 0.3 is 0 Å². The van der Waals surface area contributed by atoms with Crippen molar-refractivity contribution in [1.82, 2.24) is 10.3 Å². The van der Waals surface area contributed by atoms with E-state index in [2.05, 4.69) is 42.7 Å². The molecule has 156 valence electrons. The number of aromatic nitrogens is 1. The highest BCUT2D eigenvalue weighted by molar-refractivity contribution is 6.07. The molecule has 1 aliphatic carbocycles. The molecule has 0 saturated heterocycles. The number of hydrogen-bond donors (Lipinski definition) is 2. The first kappa shape index (κ1) is 20.4. The van der Waals surface area contributed by atoms with E-state index in [0.717, 1.165) is 29.4 Å². The quantitative estimate of drug-likeness (QED) is 0.529. The van der Waals surface area contributed by atoms with Gasteiger partial charge in [-0.1, -0.05) is 56.4 Å². The second-order valence-corrected chi connectivity index (χ2v) is 8.59. The maximum Gasteiger partial charge on any atom is 0.252 e. The van der Waals surface area contributed by atoms with E-state index in [4.69, 9.17) is 4.98 Å². The van der Waals surface area contributed by atoms with Crippen LogP contribution in [0, 0.1) is 13.8 Å². The Bertz CT molecular complexity index is 1020. The van der Waals surface area contributed by atoms with E-state index in [1.165, 1.54) is 43.2 Å². The zero-order valence-corrected chi connectivity index (χ0v) is 18.0. The molecule has 0 atom stereocenters. The molecule has 1 fully saturated rings. The molecular weight excluding hydrogens is 370 g/mol. The average Bonchev–Trinajstić information content (AvgIpc) is 2.68. The van der Waals surface area contributed by atoms with E-state index in [0.29, 0.717) is 11.4 Å². The summed E-state index contributed by atoms with van der Waals surface area (Å²) in [5.41, 5.74) is 4.90. The van der Waals surface area contributed by atoms with Crippen molar-refractivity contribution in [3.63, 3.8) is 0 Å². The minimum Gasteiger partial charge on any atom is -0.349 e. The monoisotopic (exact) mass is 401 g/mol. The van der Waals surface area contributed by atoms with Crippen LogP contribution in [-0.2, 0) is 0 Å². The maximum atomic E-state index is 13.3. The number of nitrogens with zero attached hydrogens (tertiary/aromatic N) is 1. The van der Waals surface area contributed by atoms with E-state index < -0.39 is 0 Å². The molecule has 30 heavy (non-hydrogen) atoms. The molecule has 0 spiro atoms. The number of carbonyl (C=O) groups excluding carboxylic acids is 1. The van der Waals surface area contributed by atoms with Crippen LogP contribution in [0.5, 0.6) is 0 Å². The lowest BCUT2D eigenvalue weighted by molar-refractivity contribution is 0.0932. The van der Waals surface area contributed by atoms with Crippen LogP contribution in [0.25, 0.3) is 10.9 Å². The first-order chi connectivity index (χ1) is 14.6. The highest BCUT2D eigenvalue weighted by Gasteiger charge is 2.18. The minimum absolute atomic E-state index is 0.00245. The summed E-state index contributed by atoms with van der Waals surface area (Å²) in [4.78, 5) is 18.0. The predicted molar refractivity (Wildman–Crippen MR) is 125 cm³/mol. The van der Waals surface area contributed by atoms with Crippen LogP contribution in [0.3, 0.4) is 0 Å². The topological polar surface area (TPSA) is 54.0 Å². The summed E-state index contributed by atoms with van der Waals surface area (Å²) >= 11 is 0. The normalized spacial score (nSPS) is 15.4. The fraction of sp³-hybridized carbons (Fsp3) is 0.385. The highest BCUT2D eigenvalue weighted by Crippen LogP contribution is 2.25. The van der Waals surface area contributed by atoms with Gasteiger partial charge in [0.1, 0.15) is 5.82 Å². The van der Waals surface area contributed by atoms with Crippen molar-refractivity contribution in [3.8, 4) is 0 Å². The Morgan fingerprint density at radius 3 is 2.30 bits per heavy atom. The van der Waals surface area contributed by atoms with Gasteiger partial charge in [-0.25, -0.2) is 4.98 Å². The molecule has 1 amide bonds. The predicted octanol–water partition coefficient (Wildman–Crippen LogP) is 6.44. The molecule has 0 bridgehead atoms. The number of hydrogen-bond acceptors (Lipinski definition) is 3. The third-order valence-electron chi connectivity index (χ3n) is 5.90. The van der Waals surface area contributed by atoms with Crippen molar-refractivity contribution in [2.24, 2.45) is 0 Å². The second-order valence-electron chi connectivity index (χ2n) is 8.59. The van der Waals surface area contributed by atoms with Crippen LogP contribution in [0.2, 0.25) is 0 Å². The van der Waals surface area contributed by atoms with Gasteiger partial charge < -0.3 is 10.6 Å². The average molecular weight is 402 g/mol. The lowest BCUT2D eigenvalue weighted by atomic mass is 9.96. The minimum atomic E-state index is 0.00245. The summed E-state index contributed by atoms with van der Waals surface area (Å²) in [5, 5.41) is 7.61. The number of fused-ring (bicyclic) bond motifs is 1. The summed E-state index contributed by atoms with van der Waals surface area (Å²) in [6, 6.07) is 16.4. The third kappa shape index (κ3) is 4.99. The largest absolute Gasteiger partial charge is 0.349 e. The van der Waals surface area contributed by atoms with Crippen LogP contribution >= 0.6 is 0 Å². The van der Waals surface area contributed by atoms with Gasteiger partial charge in [0.2, 0.25) is 0 Å². The number of anilines is 2. The number of benzene rings is 2. The van der Waals surface area contributed by atoms with Crippen molar-refractivity contribution < 1.29 is 4.79 Å². The number of aryl methyl sites for hydroxylation is 2. The molecule has 0 aliphatic heterocycles. The van der Waals surface area contributed by atoms with Gasteiger partial charge in [-0.3, -0.25) is 4.79 Å². The molecule has 3 aromatic rings. The summed E-state index contributed by atoms with van der Waals surface area (Å²) < 4.78 is 0. The molecule has 1 saturated carbocycles. The van der Waals surface area contributed by atoms with Crippen LogP contribution in [0.4, 0.5) is 11.5 Å². The molecule has 4 rings (SSSR count). The lowest BCUT2D eigenvalue weighted by Gasteiger charge is -2.21. The van der Waals surface area contributed by atoms with Crippen molar-refractivity contribution >= 4 is 28.3 Å². The number of rotatable bonds is 4. The second kappa shape index (κ2) is 9.29. The first-order valence-electron chi connectivity index (χ1n) is 11.1. The first-order valence-corrected chi connectivity index (χ1v) is 11.1. The van der Waals surface area contributed by atoms with Crippen molar-refractivity contribution in [2.45, 2.75) is 64.8 Å². The Labute approximate surface area is 179 Å². The van der Waals surface area contributed by atoms with Gasteiger partial charge in [0, 0.05) is 17.1 Å². The SMILES string of the molecule is Cc1cc(C)cc(Nc2cc(C(=O)NC3CCCCCCC3)c3ccccc3n2)c1. The Kier molecular flexibility index (Phi) is 6.32. The van der Waals surface area contributed by atoms with Gasteiger partial charge in [-0.15, -0.1) is 0 Å². The van der Waals surface area contributed by atoms with Crippen LogP contribution in [0.15, 0.2) is 48.5 Å². The van der Waals surface area contributed by atoms with Crippen LogP contribution < -0.4 is 10.6 Å². The molecule has 1 aromatic heterocycles. The van der Waals surface area contributed by atoms with Crippen LogP contribution in [0.1, 0.15) is 66.4 Å².